The lowest BCUT2D eigenvalue weighted by Gasteiger charge is -2.20. The molecule has 1 aliphatic heterocycles. The van der Waals surface area contributed by atoms with Gasteiger partial charge in [0, 0.05) is 25.2 Å². The number of aliphatic hydroxyl groups is 1. The predicted molar refractivity (Wildman–Crippen MR) is 63.4 cm³/mol. The van der Waals surface area contributed by atoms with E-state index in [1.807, 2.05) is 4.90 Å². The number of aliphatic hydroxyl groups excluding tert-OH is 1. The average molecular weight is 249 g/mol. The minimum Gasteiger partial charge on any atom is -0.477 e. The second-order valence-corrected chi connectivity index (χ2v) is 5.04. The zero-order valence-electron chi connectivity index (χ0n) is 9.86. The average Bonchev–Trinajstić information content (AvgIpc) is 2.92. The molecule has 1 aromatic heterocycles. The Hall–Kier alpha value is -1.69. The first kappa shape index (κ1) is 11.4. The number of carboxylic acids is 1. The van der Waals surface area contributed by atoms with Crippen LogP contribution < -0.4 is 4.90 Å². The van der Waals surface area contributed by atoms with Gasteiger partial charge in [-0.1, -0.05) is 0 Å². The van der Waals surface area contributed by atoms with E-state index in [0.717, 1.165) is 19.4 Å². The minimum atomic E-state index is -1.01. The van der Waals surface area contributed by atoms with E-state index in [1.165, 1.54) is 12.5 Å². The van der Waals surface area contributed by atoms with Gasteiger partial charge in [-0.15, -0.1) is 0 Å². The molecule has 1 aliphatic carbocycles. The molecule has 6 heteroatoms. The molecule has 1 aromatic rings. The van der Waals surface area contributed by atoms with Gasteiger partial charge in [-0.2, -0.15) is 0 Å². The van der Waals surface area contributed by atoms with Crippen LogP contribution in [-0.2, 0) is 0 Å². The molecular formula is C12H15N3O3. The third-order valence-corrected chi connectivity index (χ3v) is 4.04. The lowest BCUT2D eigenvalue weighted by molar-refractivity contribution is 0.0696. The minimum absolute atomic E-state index is 0.131. The summed E-state index contributed by atoms with van der Waals surface area (Å²) in [4.78, 5) is 20.9. The molecule has 2 N–H and O–H groups in total. The SMILES string of the molecule is O=C(O)c1cncnc1N1CC2CCC(O)C2C1. The predicted octanol–water partition coefficient (Wildman–Crippen LogP) is 0.382. The fourth-order valence-electron chi connectivity index (χ4n) is 3.14. The molecule has 1 saturated heterocycles. The van der Waals surface area contributed by atoms with Crippen LogP contribution in [0.25, 0.3) is 0 Å². The Morgan fingerprint density at radius 3 is 2.94 bits per heavy atom. The molecule has 6 nitrogen and oxygen atoms in total. The Morgan fingerprint density at radius 1 is 1.39 bits per heavy atom. The quantitative estimate of drug-likeness (QED) is 0.788. The molecule has 0 amide bonds. The highest BCUT2D eigenvalue weighted by atomic mass is 16.4. The molecule has 0 aromatic carbocycles. The van der Waals surface area contributed by atoms with E-state index in [2.05, 4.69) is 9.97 Å². The Bertz CT molecular complexity index is 479. The van der Waals surface area contributed by atoms with Crippen LogP contribution in [0.2, 0.25) is 0 Å². The van der Waals surface area contributed by atoms with Crippen molar-refractivity contribution < 1.29 is 15.0 Å². The lowest BCUT2D eigenvalue weighted by Crippen LogP contribution is -2.27. The smallest absolute Gasteiger partial charge is 0.341 e. The van der Waals surface area contributed by atoms with E-state index in [1.54, 1.807) is 0 Å². The highest BCUT2D eigenvalue weighted by Crippen LogP contribution is 2.39. The third kappa shape index (κ3) is 1.73. The molecule has 2 fully saturated rings. The summed E-state index contributed by atoms with van der Waals surface area (Å²) in [5.74, 6) is 0.167. The second kappa shape index (κ2) is 4.20. The van der Waals surface area contributed by atoms with Crippen molar-refractivity contribution in [3.8, 4) is 0 Å². The van der Waals surface area contributed by atoms with Crippen molar-refractivity contribution in [1.82, 2.24) is 9.97 Å². The zero-order valence-corrected chi connectivity index (χ0v) is 9.86. The summed E-state index contributed by atoms with van der Waals surface area (Å²) in [6, 6.07) is 0. The fourth-order valence-corrected chi connectivity index (χ4v) is 3.14. The van der Waals surface area contributed by atoms with E-state index in [4.69, 9.17) is 5.11 Å². The highest BCUT2D eigenvalue weighted by molar-refractivity contribution is 5.92. The molecule has 3 rings (SSSR count). The zero-order chi connectivity index (χ0) is 12.7. The first-order valence-corrected chi connectivity index (χ1v) is 6.13. The summed E-state index contributed by atoms with van der Waals surface area (Å²) in [7, 11) is 0. The Labute approximate surface area is 104 Å². The first-order valence-electron chi connectivity index (χ1n) is 6.13. The number of carbonyl (C=O) groups is 1. The maximum absolute atomic E-state index is 11.1. The van der Waals surface area contributed by atoms with E-state index in [0.29, 0.717) is 18.3 Å². The van der Waals surface area contributed by atoms with Gasteiger partial charge in [-0.25, -0.2) is 14.8 Å². The summed E-state index contributed by atoms with van der Waals surface area (Å²) >= 11 is 0. The van der Waals surface area contributed by atoms with E-state index >= 15 is 0 Å². The third-order valence-electron chi connectivity index (χ3n) is 4.04. The van der Waals surface area contributed by atoms with Crippen LogP contribution in [0, 0.1) is 11.8 Å². The number of aromatic nitrogens is 2. The summed E-state index contributed by atoms with van der Waals surface area (Å²) in [5, 5.41) is 19.0. The highest BCUT2D eigenvalue weighted by Gasteiger charge is 2.42. The van der Waals surface area contributed by atoms with Gasteiger partial charge >= 0.3 is 5.97 Å². The van der Waals surface area contributed by atoms with Gasteiger partial charge in [0.05, 0.1) is 6.10 Å². The van der Waals surface area contributed by atoms with E-state index in [9.17, 15) is 9.90 Å². The number of carboxylic acid groups (broad SMARTS) is 1. The van der Waals surface area contributed by atoms with Crippen molar-refractivity contribution in [3.63, 3.8) is 0 Å². The Morgan fingerprint density at radius 2 is 2.22 bits per heavy atom. The van der Waals surface area contributed by atoms with Crippen LogP contribution >= 0.6 is 0 Å². The van der Waals surface area contributed by atoms with Crippen molar-refractivity contribution in [3.05, 3.63) is 18.1 Å². The van der Waals surface area contributed by atoms with Gasteiger partial charge in [-0.05, 0) is 18.8 Å². The molecule has 0 spiro atoms. The van der Waals surface area contributed by atoms with Crippen molar-refractivity contribution in [2.24, 2.45) is 11.8 Å². The molecular weight excluding hydrogens is 234 g/mol. The van der Waals surface area contributed by atoms with Crippen LogP contribution in [0.3, 0.4) is 0 Å². The lowest BCUT2D eigenvalue weighted by atomic mass is 10.00. The number of fused-ring (bicyclic) bond motifs is 1. The van der Waals surface area contributed by atoms with Gasteiger partial charge in [0.15, 0.2) is 0 Å². The molecule has 96 valence electrons. The van der Waals surface area contributed by atoms with Gasteiger partial charge in [0.2, 0.25) is 0 Å². The van der Waals surface area contributed by atoms with Gasteiger partial charge < -0.3 is 15.1 Å². The molecule has 0 bridgehead atoms. The van der Waals surface area contributed by atoms with Crippen LogP contribution in [0.15, 0.2) is 12.5 Å². The van der Waals surface area contributed by atoms with Gasteiger partial charge in [-0.3, -0.25) is 0 Å². The molecule has 3 unspecified atom stereocenters. The van der Waals surface area contributed by atoms with Crippen molar-refractivity contribution in [1.29, 1.82) is 0 Å². The van der Waals surface area contributed by atoms with Crippen molar-refractivity contribution in [2.75, 3.05) is 18.0 Å². The standard InChI is InChI=1S/C12H15N3O3/c16-10-2-1-7-4-15(5-9(7)10)11-8(12(17)18)3-13-6-14-11/h3,6-7,9-10,16H,1-2,4-5H2,(H,17,18). The summed E-state index contributed by atoms with van der Waals surface area (Å²) in [6.45, 7) is 1.46. The monoisotopic (exact) mass is 249 g/mol. The Balaban J connectivity index is 1.87. The van der Waals surface area contributed by atoms with E-state index in [-0.39, 0.29) is 17.6 Å². The normalized spacial score (nSPS) is 30.5. The maximum Gasteiger partial charge on any atom is 0.341 e. The molecule has 1 saturated carbocycles. The first-order chi connectivity index (χ1) is 8.66. The number of nitrogens with zero attached hydrogens (tertiary/aromatic N) is 3. The Kier molecular flexibility index (Phi) is 2.66. The van der Waals surface area contributed by atoms with E-state index < -0.39 is 5.97 Å². The fraction of sp³-hybridized carbons (Fsp3) is 0.583. The molecule has 3 atom stereocenters. The summed E-state index contributed by atoms with van der Waals surface area (Å²) in [5.41, 5.74) is 0.131. The number of rotatable bonds is 2. The topological polar surface area (TPSA) is 86.5 Å². The molecule has 0 radical (unpaired) electrons. The van der Waals surface area contributed by atoms with Gasteiger partial charge in [0.25, 0.3) is 0 Å². The van der Waals surface area contributed by atoms with Crippen LogP contribution in [0.5, 0.6) is 0 Å². The van der Waals surface area contributed by atoms with Crippen LogP contribution in [0.1, 0.15) is 23.2 Å². The van der Waals surface area contributed by atoms with Crippen molar-refractivity contribution >= 4 is 11.8 Å². The second-order valence-electron chi connectivity index (χ2n) is 5.04. The van der Waals surface area contributed by atoms with Crippen LogP contribution in [-0.4, -0.2) is 45.3 Å². The van der Waals surface area contributed by atoms with Gasteiger partial charge in [0.1, 0.15) is 17.7 Å². The number of aromatic carboxylic acids is 1. The maximum atomic E-state index is 11.1. The summed E-state index contributed by atoms with van der Waals surface area (Å²) < 4.78 is 0. The largest absolute Gasteiger partial charge is 0.477 e. The summed E-state index contributed by atoms with van der Waals surface area (Å²) in [6.07, 6.45) is 4.31. The number of anilines is 1. The number of hydrogen-bond donors (Lipinski definition) is 2. The molecule has 18 heavy (non-hydrogen) atoms. The molecule has 2 aliphatic rings. The molecule has 2 heterocycles. The van der Waals surface area contributed by atoms with Crippen molar-refractivity contribution in [2.45, 2.75) is 18.9 Å². The number of hydrogen-bond acceptors (Lipinski definition) is 5. The van der Waals surface area contributed by atoms with Crippen LogP contribution in [0.4, 0.5) is 5.82 Å².